The van der Waals surface area contributed by atoms with Gasteiger partial charge in [-0.2, -0.15) is 0 Å². The van der Waals surface area contributed by atoms with Crippen LogP contribution in [0.2, 0.25) is 0 Å². The first-order chi connectivity index (χ1) is 13.2. The molecular weight excluding hydrogens is 344 g/mol. The molecule has 1 N–H and O–H groups in total. The van der Waals surface area contributed by atoms with Gasteiger partial charge in [0.05, 0.1) is 29.2 Å². The van der Waals surface area contributed by atoms with Crippen LogP contribution in [0.3, 0.4) is 0 Å². The summed E-state index contributed by atoms with van der Waals surface area (Å²) in [6, 6.07) is 14.9. The number of carbonyl (C=O) groups is 2. The lowest BCUT2D eigenvalue weighted by Gasteiger charge is -2.20. The van der Waals surface area contributed by atoms with Gasteiger partial charge in [-0.1, -0.05) is 24.3 Å². The predicted octanol–water partition coefficient (Wildman–Crippen LogP) is 2.56. The van der Waals surface area contributed by atoms with E-state index in [-0.39, 0.29) is 18.2 Å². The number of ether oxygens (including phenoxy) is 1. The van der Waals surface area contributed by atoms with Crippen LogP contribution in [0.1, 0.15) is 13.3 Å². The molecule has 0 bridgehead atoms. The number of hydrogen-bond donors (Lipinski definition) is 1. The Labute approximate surface area is 156 Å². The molecule has 2 amide bonds. The van der Waals surface area contributed by atoms with E-state index < -0.39 is 5.92 Å². The second kappa shape index (κ2) is 7.11. The highest BCUT2D eigenvalue weighted by Crippen LogP contribution is 2.33. The molecular formula is C20H20N4O3. The zero-order valence-corrected chi connectivity index (χ0v) is 15.0. The highest BCUT2D eigenvalue weighted by atomic mass is 16.5. The van der Waals surface area contributed by atoms with Gasteiger partial charge >= 0.3 is 0 Å². The van der Waals surface area contributed by atoms with E-state index in [9.17, 15) is 9.59 Å². The number of carbonyl (C=O) groups excluding carboxylic acids is 2. The number of amides is 2. The first kappa shape index (κ1) is 17.1. The Bertz CT molecular complexity index is 998. The highest BCUT2D eigenvalue weighted by Gasteiger charge is 2.36. The number of nitrogens with zero attached hydrogens (tertiary/aromatic N) is 3. The smallest absolute Gasteiger partial charge is 0.244 e. The van der Waals surface area contributed by atoms with Crippen molar-refractivity contribution in [2.75, 3.05) is 23.5 Å². The fourth-order valence-electron chi connectivity index (χ4n) is 3.33. The Morgan fingerprint density at radius 1 is 1.22 bits per heavy atom. The third-order valence-corrected chi connectivity index (χ3v) is 4.64. The maximum atomic E-state index is 12.7. The molecule has 138 valence electrons. The van der Waals surface area contributed by atoms with Crippen LogP contribution >= 0.6 is 0 Å². The van der Waals surface area contributed by atoms with Crippen molar-refractivity contribution >= 4 is 28.5 Å². The van der Waals surface area contributed by atoms with Crippen LogP contribution in [0.25, 0.3) is 11.0 Å². The monoisotopic (exact) mass is 364 g/mol. The van der Waals surface area contributed by atoms with Crippen molar-refractivity contribution in [2.45, 2.75) is 13.3 Å². The zero-order valence-electron chi connectivity index (χ0n) is 15.0. The van der Waals surface area contributed by atoms with Crippen LogP contribution in [-0.2, 0) is 9.59 Å². The molecule has 2 heterocycles. The molecule has 7 nitrogen and oxygen atoms in total. The van der Waals surface area contributed by atoms with Crippen molar-refractivity contribution in [2.24, 2.45) is 5.92 Å². The summed E-state index contributed by atoms with van der Waals surface area (Å²) in [4.78, 5) is 31.1. The van der Waals surface area contributed by atoms with Crippen LogP contribution in [0.5, 0.6) is 5.75 Å². The lowest BCUT2D eigenvalue weighted by atomic mass is 10.1. The molecule has 1 aliphatic rings. The summed E-state index contributed by atoms with van der Waals surface area (Å²) in [6.45, 7) is 2.73. The standard InChI is InChI=1S/C20H20N4O3/c1-2-27-18-10-6-5-9-17(18)23-12-14(11-19(23)25)20(26)22-24-13-21-15-7-3-4-8-16(15)24/h3-10,13-14H,2,11-12H2,1H3,(H,22,26). The van der Waals surface area contributed by atoms with E-state index in [1.54, 1.807) is 15.9 Å². The van der Waals surface area contributed by atoms with Crippen molar-refractivity contribution in [1.82, 2.24) is 9.66 Å². The van der Waals surface area contributed by atoms with Crippen molar-refractivity contribution in [3.8, 4) is 5.75 Å². The third kappa shape index (κ3) is 3.23. The molecule has 0 aliphatic carbocycles. The normalized spacial score (nSPS) is 16.7. The molecule has 1 unspecified atom stereocenters. The highest BCUT2D eigenvalue weighted by molar-refractivity contribution is 6.02. The summed E-state index contributed by atoms with van der Waals surface area (Å²) in [7, 11) is 0. The molecule has 1 aromatic heterocycles. The van der Waals surface area contributed by atoms with Crippen LogP contribution in [0.4, 0.5) is 5.69 Å². The van der Waals surface area contributed by atoms with E-state index in [0.29, 0.717) is 24.6 Å². The quantitative estimate of drug-likeness (QED) is 0.755. The SMILES string of the molecule is CCOc1ccccc1N1CC(C(=O)Nn2cnc3ccccc32)CC1=O. The van der Waals surface area contributed by atoms with E-state index in [2.05, 4.69) is 10.4 Å². The number of imidazole rings is 1. The van der Waals surface area contributed by atoms with Gasteiger partial charge in [0.1, 0.15) is 12.1 Å². The van der Waals surface area contributed by atoms with Gasteiger partial charge < -0.3 is 9.64 Å². The number of aromatic nitrogens is 2. The van der Waals surface area contributed by atoms with Crippen molar-refractivity contribution < 1.29 is 14.3 Å². The number of anilines is 1. The second-order valence-corrected chi connectivity index (χ2v) is 6.39. The number of hydrogen-bond acceptors (Lipinski definition) is 4. The Morgan fingerprint density at radius 3 is 2.85 bits per heavy atom. The number of fused-ring (bicyclic) bond motifs is 1. The average molecular weight is 364 g/mol. The molecule has 7 heteroatoms. The molecule has 27 heavy (non-hydrogen) atoms. The molecule has 0 saturated carbocycles. The first-order valence-electron chi connectivity index (χ1n) is 8.92. The number of nitrogens with one attached hydrogen (secondary N) is 1. The van der Waals surface area contributed by atoms with E-state index in [1.165, 1.54) is 0 Å². The fraction of sp³-hybridized carbons (Fsp3) is 0.250. The maximum absolute atomic E-state index is 12.7. The van der Waals surface area contributed by atoms with Crippen LogP contribution in [0, 0.1) is 5.92 Å². The van der Waals surface area contributed by atoms with E-state index >= 15 is 0 Å². The number of rotatable bonds is 5. The van der Waals surface area contributed by atoms with Crippen molar-refractivity contribution in [1.29, 1.82) is 0 Å². The summed E-state index contributed by atoms with van der Waals surface area (Å²) in [5.74, 6) is -0.0796. The molecule has 1 fully saturated rings. The summed E-state index contributed by atoms with van der Waals surface area (Å²) in [6.07, 6.45) is 1.74. The van der Waals surface area contributed by atoms with Gasteiger partial charge in [0, 0.05) is 13.0 Å². The minimum atomic E-state index is -0.437. The minimum absolute atomic E-state index is 0.0854. The average Bonchev–Trinajstić information content (AvgIpc) is 3.27. The topological polar surface area (TPSA) is 76.5 Å². The van der Waals surface area contributed by atoms with Gasteiger partial charge in [0.15, 0.2) is 0 Å². The van der Waals surface area contributed by atoms with Crippen LogP contribution < -0.4 is 15.1 Å². The van der Waals surface area contributed by atoms with Crippen molar-refractivity contribution in [3.63, 3.8) is 0 Å². The predicted molar refractivity (Wildman–Crippen MR) is 102 cm³/mol. The van der Waals surface area contributed by atoms with Crippen LogP contribution in [-0.4, -0.2) is 34.6 Å². The lowest BCUT2D eigenvalue weighted by Crippen LogP contribution is -2.31. The van der Waals surface area contributed by atoms with Crippen LogP contribution in [0.15, 0.2) is 54.9 Å². The summed E-state index contributed by atoms with van der Waals surface area (Å²) >= 11 is 0. The second-order valence-electron chi connectivity index (χ2n) is 6.39. The largest absolute Gasteiger partial charge is 0.492 e. The molecule has 2 aromatic carbocycles. The Morgan fingerprint density at radius 2 is 2.00 bits per heavy atom. The molecule has 0 spiro atoms. The van der Waals surface area contributed by atoms with E-state index in [0.717, 1.165) is 11.0 Å². The van der Waals surface area contributed by atoms with Gasteiger partial charge in [-0.3, -0.25) is 15.0 Å². The van der Waals surface area contributed by atoms with Gasteiger partial charge in [0.2, 0.25) is 11.8 Å². The Hall–Kier alpha value is -3.35. The molecule has 3 aromatic rings. The van der Waals surface area contributed by atoms with Gasteiger partial charge in [-0.15, -0.1) is 0 Å². The third-order valence-electron chi connectivity index (χ3n) is 4.64. The minimum Gasteiger partial charge on any atom is -0.492 e. The maximum Gasteiger partial charge on any atom is 0.244 e. The van der Waals surface area contributed by atoms with E-state index in [1.807, 2.05) is 55.5 Å². The first-order valence-corrected chi connectivity index (χ1v) is 8.92. The summed E-state index contributed by atoms with van der Waals surface area (Å²) in [5.41, 5.74) is 5.16. The molecule has 1 saturated heterocycles. The van der Waals surface area contributed by atoms with Gasteiger partial charge in [-0.25, -0.2) is 9.66 Å². The summed E-state index contributed by atoms with van der Waals surface area (Å²) in [5, 5.41) is 0. The molecule has 1 aliphatic heterocycles. The molecule has 0 radical (unpaired) electrons. The van der Waals surface area contributed by atoms with E-state index in [4.69, 9.17) is 4.74 Å². The van der Waals surface area contributed by atoms with Gasteiger partial charge in [0.25, 0.3) is 0 Å². The Balaban J connectivity index is 1.51. The lowest BCUT2D eigenvalue weighted by molar-refractivity contribution is -0.123. The fourth-order valence-corrected chi connectivity index (χ4v) is 3.33. The molecule has 1 atom stereocenters. The van der Waals surface area contributed by atoms with Crippen molar-refractivity contribution in [3.05, 3.63) is 54.9 Å². The zero-order chi connectivity index (χ0) is 18.8. The van der Waals surface area contributed by atoms with Gasteiger partial charge in [-0.05, 0) is 31.2 Å². The molecule has 4 rings (SSSR count). The summed E-state index contributed by atoms with van der Waals surface area (Å²) < 4.78 is 7.22. The number of benzene rings is 2. The Kier molecular flexibility index (Phi) is 4.50. The number of para-hydroxylation sites is 4.